The monoisotopic (exact) mass is 412 g/mol. The minimum absolute atomic E-state index is 0.176. The normalized spacial score (nSPS) is 16.3. The van der Waals surface area contributed by atoms with Crippen molar-refractivity contribution in [1.29, 1.82) is 0 Å². The molecule has 2 aromatic heterocycles. The summed E-state index contributed by atoms with van der Waals surface area (Å²) in [5.74, 6) is -0.979. The van der Waals surface area contributed by atoms with Gasteiger partial charge in [-0.2, -0.15) is 5.10 Å². The van der Waals surface area contributed by atoms with E-state index < -0.39 is 22.0 Å². The second-order valence-electron chi connectivity index (χ2n) is 6.93. The van der Waals surface area contributed by atoms with Gasteiger partial charge >= 0.3 is 5.97 Å². The van der Waals surface area contributed by atoms with Crippen LogP contribution in [0, 0.1) is 0 Å². The van der Waals surface area contributed by atoms with Gasteiger partial charge in [-0.3, -0.25) is 14.5 Å². The Kier molecular flexibility index (Phi) is 5.16. The molecule has 1 aliphatic rings. The number of benzene rings is 1. The molecular weight excluding hydrogens is 392 g/mol. The van der Waals surface area contributed by atoms with E-state index in [4.69, 9.17) is 5.11 Å². The first-order valence-electron chi connectivity index (χ1n) is 9.23. The van der Waals surface area contributed by atoms with E-state index in [1.165, 1.54) is 4.68 Å². The third-order valence-corrected chi connectivity index (χ3v) is 6.49. The Labute approximate surface area is 168 Å². The van der Waals surface area contributed by atoms with E-state index >= 15 is 0 Å². The van der Waals surface area contributed by atoms with E-state index in [1.807, 2.05) is 12.1 Å². The molecule has 150 valence electrons. The van der Waals surface area contributed by atoms with E-state index in [9.17, 15) is 13.2 Å². The average molecular weight is 412 g/mol. The maximum atomic E-state index is 12.9. The van der Waals surface area contributed by atoms with Gasteiger partial charge in [-0.1, -0.05) is 18.2 Å². The Balaban J connectivity index is 1.55. The number of pyridine rings is 1. The van der Waals surface area contributed by atoms with Crippen LogP contribution >= 0.6 is 0 Å². The summed E-state index contributed by atoms with van der Waals surface area (Å²) in [6.07, 6.45) is 7.05. The van der Waals surface area contributed by atoms with E-state index in [0.29, 0.717) is 12.8 Å². The zero-order chi connectivity index (χ0) is 20.4. The smallest absolute Gasteiger partial charge is 0.325 e. The highest BCUT2D eigenvalue weighted by molar-refractivity contribution is 7.89. The Morgan fingerprint density at radius 3 is 2.66 bits per heavy atom. The molecule has 0 saturated carbocycles. The molecule has 0 fully saturated rings. The number of carbonyl (C=O) groups is 1. The van der Waals surface area contributed by atoms with Crippen LogP contribution in [0.1, 0.15) is 30.1 Å². The fraction of sp³-hybridized carbons (Fsp3) is 0.250. The number of nitrogens with zero attached hydrogens (tertiary/aromatic N) is 3. The summed E-state index contributed by atoms with van der Waals surface area (Å²) in [4.78, 5) is 15.3. The molecule has 1 atom stereocenters. The number of aliphatic carboxylic acids is 1. The van der Waals surface area contributed by atoms with Crippen LogP contribution in [-0.2, 0) is 27.8 Å². The van der Waals surface area contributed by atoms with Crippen molar-refractivity contribution >= 4 is 16.0 Å². The summed E-state index contributed by atoms with van der Waals surface area (Å²) in [5.41, 5.74) is 3.31. The minimum atomic E-state index is -3.73. The number of nitrogens with one attached hydrogen (secondary N) is 1. The molecule has 1 aromatic carbocycles. The molecule has 4 rings (SSSR count). The summed E-state index contributed by atoms with van der Waals surface area (Å²) in [6.45, 7) is -0.232. The van der Waals surface area contributed by atoms with Crippen LogP contribution in [-0.4, -0.2) is 34.3 Å². The molecule has 2 N–H and O–H groups in total. The number of rotatable bonds is 6. The number of aromatic nitrogens is 3. The van der Waals surface area contributed by atoms with Crippen molar-refractivity contribution in [3.05, 3.63) is 66.2 Å². The van der Waals surface area contributed by atoms with Crippen LogP contribution in [0.2, 0.25) is 0 Å². The summed E-state index contributed by atoms with van der Waals surface area (Å²) in [6, 6.07) is 9.96. The SMILES string of the molecule is O=C(O)Cn1ncc2c1CCCC2NS(=O)(=O)c1ccc(-c2cccnc2)cc1. The zero-order valence-electron chi connectivity index (χ0n) is 15.5. The quantitative estimate of drug-likeness (QED) is 0.643. The van der Waals surface area contributed by atoms with Crippen molar-refractivity contribution in [3.63, 3.8) is 0 Å². The highest BCUT2D eigenvalue weighted by Crippen LogP contribution is 2.31. The Bertz CT molecular complexity index is 1130. The van der Waals surface area contributed by atoms with E-state index in [2.05, 4.69) is 14.8 Å². The van der Waals surface area contributed by atoms with Crippen LogP contribution in [0.5, 0.6) is 0 Å². The number of carboxylic acid groups (broad SMARTS) is 1. The Morgan fingerprint density at radius 1 is 1.17 bits per heavy atom. The molecule has 0 bridgehead atoms. The lowest BCUT2D eigenvalue weighted by atomic mass is 9.94. The summed E-state index contributed by atoms with van der Waals surface area (Å²) in [7, 11) is -3.73. The van der Waals surface area contributed by atoms with E-state index in [-0.39, 0.29) is 11.4 Å². The van der Waals surface area contributed by atoms with Crippen LogP contribution in [0.3, 0.4) is 0 Å². The molecule has 0 amide bonds. The first-order chi connectivity index (χ1) is 13.9. The first kappa shape index (κ1) is 19.3. The topological polar surface area (TPSA) is 114 Å². The number of fused-ring (bicyclic) bond motifs is 1. The van der Waals surface area contributed by atoms with Crippen molar-refractivity contribution in [1.82, 2.24) is 19.5 Å². The molecule has 2 heterocycles. The second-order valence-corrected chi connectivity index (χ2v) is 8.64. The number of hydrogen-bond acceptors (Lipinski definition) is 5. The molecule has 1 aliphatic carbocycles. The summed E-state index contributed by atoms with van der Waals surface area (Å²) >= 11 is 0. The van der Waals surface area contributed by atoms with Crippen molar-refractivity contribution in [3.8, 4) is 11.1 Å². The number of carboxylic acids is 1. The molecule has 0 saturated heterocycles. The third kappa shape index (κ3) is 4.06. The molecule has 3 aromatic rings. The molecule has 0 spiro atoms. The summed E-state index contributed by atoms with van der Waals surface area (Å²) < 4.78 is 30.0. The van der Waals surface area contributed by atoms with Crippen LogP contribution in [0.4, 0.5) is 0 Å². The van der Waals surface area contributed by atoms with Crippen molar-refractivity contribution in [2.75, 3.05) is 0 Å². The first-order valence-corrected chi connectivity index (χ1v) is 10.7. The standard InChI is InChI=1S/C20H20N4O4S/c25-20(26)13-24-19-5-1-4-18(17(19)12-22-24)23-29(27,28)16-8-6-14(7-9-16)15-3-2-10-21-11-15/h2-3,6-12,18,23H,1,4-5,13H2,(H,25,26). The molecule has 0 aliphatic heterocycles. The molecule has 29 heavy (non-hydrogen) atoms. The van der Waals surface area contributed by atoms with Gasteiger partial charge in [0.1, 0.15) is 6.54 Å². The zero-order valence-corrected chi connectivity index (χ0v) is 16.3. The fourth-order valence-electron chi connectivity index (χ4n) is 3.62. The molecule has 9 heteroatoms. The minimum Gasteiger partial charge on any atom is -0.480 e. The Morgan fingerprint density at radius 2 is 1.97 bits per heavy atom. The van der Waals surface area contributed by atoms with Gasteiger partial charge in [-0.15, -0.1) is 0 Å². The van der Waals surface area contributed by atoms with Gasteiger partial charge in [-0.25, -0.2) is 13.1 Å². The highest BCUT2D eigenvalue weighted by atomic mass is 32.2. The number of hydrogen-bond donors (Lipinski definition) is 2. The van der Waals surface area contributed by atoms with Crippen molar-refractivity contribution in [2.45, 2.75) is 36.7 Å². The predicted molar refractivity (Wildman–Crippen MR) is 106 cm³/mol. The van der Waals surface area contributed by atoms with E-state index in [1.54, 1.807) is 42.9 Å². The largest absolute Gasteiger partial charge is 0.480 e. The van der Waals surface area contributed by atoms with Gasteiger partial charge in [0, 0.05) is 23.7 Å². The predicted octanol–water partition coefficient (Wildman–Crippen LogP) is 2.39. The average Bonchev–Trinajstić information content (AvgIpc) is 3.12. The molecule has 8 nitrogen and oxygen atoms in total. The second kappa shape index (κ2) is 7.76. The van der Waals surface area contributed by atoms with Crippen LogP contribution < -0.4 is 4.72 Å². The van der Waals surface area contributed by atoms with Crippen molar-refractivity contribution in [2.24, 2.45) is 0 Å². The van der Waals surface area contributed by atoms with Crippen LogP contribution in [0.25, 0.3) is 11.1 Å². The molecule has 0 radical (unpaired) electrons. The summed E-state index contributed by atoms with van der Waals surface area (Å²) in [5, 5.41) is 13.1. The lowest BCUT2D eigenvalue weighted by Gasteiger charge is -2.24. The fourth-order valence-corrected chi connectivity index (χ4v) is 4.87. The van der Waals surface area contributed by atoms with Crippen molar-refractivity contribution < 1.29 is 18.3 Å². The maximum absolute atomic E-state index is 12.9. The number of sulfonamides is 1. The van der Waals surface area contributed by atoms with Gasteiger partial charge in [0.15, 0.2) is 0 Å². The molecule has 1 unspecified atom stereocenters. The van der Waals surface area contributed by atoms with Gasteiger partial charge in [0.2, 0.25) is 10.0 Å². The van der Waals surface area contributed by atoms with Gasteiger partial charge in [0.25, 0.3) is 0 Å². The third-order valence-electron chi connectivity index (χ3n) is 5.00. The molecular formula is C20H20N4O4S. The van der Waals surface area contributed by atoms with Gasteiger partial charge in [-0.05, 0) is 48.6 Å². The Hall–Kier alpha value is -3.04. The van der Waals surface area contributed by atoms with Gasteiger partial charge < -0.3 is 5.11 Å². The van der Waals surface area contributed by atoms with Gasteiger partial charge in [0.05, 0.1) is 17.1 Å². The van der Waals surface area contributed by atoms with E-state index in [0.717, 1.165) is 28.8 Å². The maximum Gasteiger partial charge on any atom is 0.325 e. The van der Waals surface area contributed by atoms with Crippen LogP contribution in [0.15, 0.2) is 59.9 Å². The lowest BCUT2D eigenvalue weighted by Crippen LogP contribution is -2.31. The lowest BCUT2D eigenvalue weighted by molar-refractivity contribution is -0.137. The highest BCUT2D eigenvalue weighted by Gasteiger charge is 2.29.